The number of nitrogens with zero attached hydrogens (tertiary/aromatic N) is 2. The van der Waals surface area contributed by atoms with E-state index < -0.39 is 11.0 Å². The summed E-state index contributed by atoms with van der Waals surface area (Å²) < 4.78 is 9.15. The van der Waals surface area contributed by atoms with Gasteiger partial charge < -0.3 is 19.5 Å². The fraction of sp³-hybridized carbons (Fsp3) is 0.630. The zero-order valence-electron chi connectivity index (χ0n) is 18.9. The topological polar surface area (TPSA) is 57.9 Å². The van der Waals surface area contributed by atoms with Gasteiger partial charge in [0.1, 0.15) is 0 Å². The van der Waals surface area contributed by atoms with Crippen LogP contribution < -0.4 is 4.74 Å². The Morgan fingerprint density at radius 1 is 1.16 bits per heavy atom. The van der Waals surface area contributed by atoms with Crippen LogP contribution in [0.5, 0.6) is 11.5 Å². The van der Waals surface area contributed by atoms with Gasteiger partial charge in [-0.05, 0) is 86.6 Å². The maximum atomic E-state index is 12.9. The lowest BCUT2D eigenvalue weighted by Crippen LogP contribution is -2.74. The molecule has 1 saturated carbocycles. The average Bonchev–Trinajstić information content (AvgIpc) is 3.47. The number of hydrogen-bond acceptors (Lipinski definition) is 4. The number of phenolic OH excluding ortho intramolecular Hbond substituents is 1. The minimum atomic E-state index is -0.851. The van der Waals surface area contributed by atoms with Gasteiger partial charge in [-0.15, -0.1) is 0 Å². The van der Waals surface area contributed by atoms with Crippen molar-refractivity contribution in [3.05, 3.63) is 45.8 Å². The number of phenols is 1. The standard InChI is InChI=1S/C27H32N2O3/c1-28-19-5-3-2-4-17(19)18-13-27(31)21-12-16-8-9-20(30)24-22(16)26(27,25(32-24)23(18)28)10-11-29(21)14-15-6-7-15/h8-9,15,21,25,30-31H,2-7,10-14H2,1H3/t21?,25-,26?,27+/m0/s1. The summed E-state index contributed by atoms with van der Waals surface area (Å²) in [5.74, 6) is 1.69. The molecule has 1 aromatic heterocycles. The number of hydrogen-bond donors (Lipinski definition) is 2. The highest BCUT2D eigenvalue weighted by atomic mass is 16.5. The first-order chi connectivity index (χ1) is 15.5. The van der Waals surface area contributed by atoms with E-state index in [0.717, 1.165) is 56.7 Å². The lowest BCUT2D eigenvalue weighted by Gasteiger charge is -2.63. The summed E-state index contributed by atoms with van der Waals surface area (Å²) in [5.41, 5.74) is 6.66. The van der Waals surface area contributed by atoms with Crippen LogP contribution >= 0.6 is 0 Å². The predicted molar refractivity (Wildman–Crippen MR) is 120 cm³/mol. The van der Waals surface area contributed by atoms with E-state index in [0.29, 0.717) is 5.75 Å². The summed E-state index contributed by atoms with van der Waals surface area (Å²) >= 11 is 0. The smallest absolute Gasteiger partial charge is 0.166 e. The first-order valence-corrected chi connectivity index (χ1v) is 12.7. The molecule has 5 heteroatoms. The Balaban J connectivity index is 1.41. The van der Waals surface area contributed by atoms with Crippen molar-refractivity contribution in [1.29, 1.82) is 0 Å². The molecule has 4 atom stereocenters. The molecule has 1 saturated heterocycles. The van der Waals surface area contributed by atoms with Crippen molar-refractivity contribution in [2.75, 3.05) is 13.1 Å². The monoisotopic (exact) mass is 432 g/mol. The molecule has 6 aliphatic rings. The maximum absolute atomic E-state index is 12.9. The Kier molecular flexibility index (Phi) is 3.31. The number of likely N-dealkylation sites (tertiary alicyclic amines) is 1. The van der Waals surface area contributed by atoms with Gasteiger partial charge in [-0.25, -0.2) is 0 Å². The molecule has 4 aliphatic carbocycles. The quantitative estimate of drug-likeness (QED) is 0.765. The Labute approximate surface area is 189 Å². The van der Waals surface area contributed by atoms with E-state index in [1.54, 1.807) is 0 Å². The number of benzene rings is 1. The van der Waals surface area contributed by atoms with E-state index in [9.17, 15) is 10.2 Å². The molecule has 3 heterocycles. The molecule has 0 radical (unpaired) electrons. The Bertz CT molecular complexity index is 1180. The minimum Gasteiger partial charge on any atom is -0.504 e. The van der Waals surface area contributed by atoms with Crippen LogP contribution in [0.2, 0.25) is 0 Å². The van der Waals surface area contributed by atoms with Gasteiger partial charge in [-0.2, -0.15) is 0 Å². The van der Waals surface area contributed by atoms with E-state index in [1.807, 2.05) is 6.07 Å². The summed E-state index contributed by atoms with van der Waals surface area (Å²) in [6, 6.07) is 4.03. The van der Waals surface area contributed by atoms with Gasteiger partial charge in [0.05, 0.1) is 16.7 Å². The third kappa shape index (κ3) is 1.93. The van der Waals surface area contributed by atoms with Crippen LogP contribution in [0, 0.1) is 5.92 Å². The van der Waals surface area contributed by atoms with Crippen LogP contribution in [0.3, 0.4) is 0 Å². The van der Waals surface area contributed by atoms with Crippen molar-refractivity contribution in [3.8, 4) is 11.5 Å². The van der Waals surface area contributed by atoms with E-state index >= 15 is 0 Å². The largest absolute Gasteiger partial charge is 0.504 e. The Hall–Kier alpha value is -1.98. The van der Waals surface area contributed by atoms with Crippen molar-refractivity contribution < 1.29 is 14.9 Å². The van der Waals surface area contributed by atoms with Crippen molar-refractivity contribution in [1.82, 2.24) is 9.47 Å². The summed E-state index contributed by atoms with van der Waals surface area (Å²) in [6.07, 6.45) is 9.67. The molecule has 2 fully saturated rings. The zero-order chi connectivity index (χ0) is 21.4. The second kappa shape index (κ2) is 5.74. The fourth-order valence-electron chi connectivity index (χ4n) is 8.54. The number of aromatic hydroxyl groups is 1. The molecule has 2 bridgehead atoms. The fourth-order valence-corrected chi connectivity index (χ4v) is 8.54. The number of aromatic nitrogens is 1. The van der Waals surface area contributed by atoms with Gasteiger partial charge in [0.25, 0.3) is 0 Å². The van der Waals surface area contributed by atoms with E-state index in [-0.39, 0.29) is 17.9 Å². The molecule has 168 valence electrons. The molecule has 2 aromatic rings. The van der Waals surface area contributed by atoms with Gasteiger partial charge in [0.2, 0.25) is 0 Å². The molecule has 2 unspecified atom stereocenters. The SMILES string of the molecule is Cn1c2c(c3c1[C@@H]1Oc4c(O)ccc5c4C14CCN(CC1CC1)C(C5)[C@]4(O)C3)CCCC2. The summed E-state index contributed by atoms with van der Waals surface area (Å²) in [6.45, 7) is 2.13. The first-order valence-electron chi connectivity index (χ1n) is 12.7. The van der Waals surface area contributed by atoms with Gasteiger partial charge >= 0.3 is 0 Å². The lowest BCUT2D eigenvalue weighted by molar-refractivity contribution is -0.173. The number of ether oxygens (including phenoxy) is 1. The Morgan fingerprint density at radius 3 is 2.84 bits per heavy atom. The van der Waals surface area contributed by atoms with Crippen molar-refractivity contribution in [2.45, 2.75) is 80.9 Å². The molecule has 8 rings (SSSR count). The van der Waals surface area contributed by atoms with Gasteiger partial charge in [0, 0.05) is 37.3 Å². The van der Waals surface area contributed by atoms with Crippen molar-refractivity contribution in [3.63, 3.8) is 0 Å². The molecule has 1 spiro atoms. The Morgan fingerprint density at radius 2 is 2.00 bits per heavy atom. The molecule has 2 N–H and O–H groups in total. The highest BCUT2D eigenvalue weighted by Gasteiger charge is 2.73. The normalized spacial score (nSPS) is 36.3. The van der Waals surface area contributed by atoms with Crippen LogP contribution in [0.15, 0.2) is 12.1 Å². The summed E-state index contributed by atoms with van der Waals surface area (Å²) in [7, 11) is 2.21. The molecule has 2 aliphatic heterocycles. The van der Waals surface area contributed by atoms with Gasteiger partial charge in [-0.1, -0.05) is 6.07 Å². The number of piperidine rings is 1. The molecule has 0 amide bonds. The number of rotatable bonds is 2. The number of aliphatic hydroxyl groups is 1. The van der Waals surface area contributed by atoms with Crippen LogP contribution in [0.25, 0.3) is 0 Å². The van der Waals surface area contributed by atoms with E-state index in [1.165, 1.54) is 53.8 Å². The van der Waals surface area contributed by atoms with Crippen LogP contribution in [0.4, 0.5) is 0 Å². The zero-order valence-corrected chi connectivity index (χ0v) is 18.9. The number of fused-ring (bicyclic) bond motifs is 4. The summed E-state index contributed by atoms with van der Waals surface area (Å²) in [5, 5.41) is 23.7. The lowest BCUT2D eigenvalue weighted by atomic mass is 9.49. The van der Waals surface area contributed by atoms with E-state index in [2.05, 4.69) is 22.6 Å². The molecular weight excluding hydrogens is 400 g/mol. The van der Waals surface area contributed by atoms with Gasteiger partial charge in [-0.3, -0.25) is 4.90 Å². The maximum Gasteiger partial charge on any atom is 0.166 e. The highest BCUT2D eigenvalue weighted by molar-refractivity contribution is 5.65. The molecule has 32 heavy (non-hydrogen) atoms. The second-order valence-electron chi connectivity index (χ2n) is 11.5. The highest BCUT2D eigenvalue weighted by Crippen LogP contribution is 2.69. The molecule has 5 nitrogen and oxygen atoms in total. The average molecular weight is 433 g/mol. The predicted octanol–water partition coefficient (Wildman–Crippen LogP) is 3.31. The van der Waals surface area contributed by atoms with Gasteiger partial charge in [0.15, 0.2) is 17.6 Å². The minimum absolute atomic E-state index is 0.124. The van der Waals surface area contributed by atoms with Crippen LogP contribution in [-0.2, 0) is 38.1 Å². The summed E-state index contributed by atoms with van der Waals surface area (Å²) in [4.78, 5) is 2.62. The van der Waals surface area contributed by atoms with Crippen LogP contribution in [-0.4, -0.2) is 44.4 Å². The third-order valence-corrected chi connectivity index (χ3v) is 10.1. The molecular formula is C27H32N2O3. The van der Waals surface area contributed by atoms with Crippen molar-refractivity contribution in [2.24, 2.45) is 13.0 Å². The van der Waals surface area contributed by atoms with E-state index in [4.69, 9.17) is 4.74 Å². The third-order valence-electron chi connectivity index (χ3n) is 10.1. The van der Waals surface area contributed by atoms with Crippen LogP contribution in [0.1, 0.15) is 71.8 Å². The van der Waals surface area contributed by atoms with Crippen molar-refractivity contribution >= 4 is 0 Å². The second-order valence-corrected chi connectivity index (χ2v) is 11.5. The first kappa shape index (κ1) is 18.4. The molecule has 1 aromatic carbocycles.